The molecule has 3 aromatic carbocycles. The fourth-order valence-electron chi connectivity index (χ4n) is 3.11. The van der Waals surface area contributed by atoms with Gasteiger partial charge >= 0.3 is 0 Å². The van der Waals surface area contributed by atoms with Crippen LogP contribution in [0.15, 0.2) is 66.8 Å². The van der Waals surface area contributed by atoms with E-state index in [1.54, 1.807) is 12.1 Å². The quantitative estimate of drug-likeness (QED) is 0.246. The van der Waals surface area contributed by atoms with Crippen molar-refractivity contribution in [1.29, 1.82) is 0 Å². The molecule has 0 amide bonds. The van der Waals surface area contributed by atoms with Gasteiger partial charge in [-0.1, -0.05) is 61.5 Å². The fourth-order valence-corrected chi connectivity index (χ4v) is 3.11. The van der Waals surface area contributed by atoms with Crippen LogP contribution in [0.1, 0.15) is 25.8 Å². The summed E-state index contributed by atoms with van der Waals surface area (Å²) in [5.41, 5.74) is 2.45. The number of benzene rings is 3. The van der Waals surface area contributed by atoms with Gasteiger partial charge in [-0.25, -0.2) is 0 Å². The van der Waals surface area contributed by atoms with Gasteiger partial charge in [-0.15, -0.1) is 0 Å². The number of nitrogens with zero attached hydrogens (tertiary/aromatic N) is 1. The summed E-state index contributed by atoms with van der Waals surface area (Å²) in [5, 5.41) is 14.9. The van der Waals surface area contributed by atoms with Crippen molar-refractivity contribution in [2.45, 2.75) is 20.3 Å². The summed E-state index contributed by atoms with van der Waals surface area (Å²) >= 11 is 0. The number of allylic oxidation sites excluding steroid dienone is 4. The monoisotopic (exact) mass is 317 g/mol. The molecule has 0 spiro atoms. The van der Waals surface area contributed by atoms with Crippen molar-refractivity contribution in [3.05, 3.63) is 82.4 Å². The van der Waals surface area contributed by atoms with Crippen LogP contribution in [0, 0.1) is 10.1 Å². The van der Waals surface area contributed by atoms with Gasteiger partial charge in [0, 0.05) is 6.07 Å². The van der Waals surface area contributed by atoms with Gasteiger partial charge in [-0.2, -0.15) is 0 Å². The summed E-state index contributed by atoms with van der Waals surface area (Å²) in [6.45, 7) is 4.11. The molecular weight excluding hydrogens is 298 g/mol. The topological polar surface area (TPSA) is 43.1 Å². The zero-order valence-corrected chi connectivity index (χ0v) is 13.8. The molecular formula is C21H19NO2. The van der Waals surface area contributed by atoms with Crippen molar-refractivity contribution in [1.82, 2.24) is 0 Å². The molecule has 0 aliphatic heterocycles. The smallest absolute Gasteiger partial charge is 0.258 e. The van der Waals surface area contributed by atoms with E-state index in [2.05, 4.69) is 25.1 Å². The van der Waals surface area contributed by atoms with E-state index in [1.807, 2.05) is 43.3 Å². The van der Waals surface area contributed by atoms with E-state index in [9.17, 15) is 10.1 Å². The molecule has 0 aromatic heterocycles. The molecule has 0 aliphatic rings. The Morgan fingerprint density at radius 2 is 1.92 bits per heavy atom. The number of nitro groups is 1. The maximum Gasteiger partial charge on any atom is 0.277 e. The van der Waals surface area contributed by atoms with Crippen LogP contribution in [0.3, 0.4) is 0 Å². The first kappa shape index (κ1) is 15.9. The Balaban J connectivity index is 2.29. The number of hydrogen-bond donors (Lipinski definition) is 0. The third-order valence-corrected chi connectivity index (χ3v) is 4.14. The first-order valence-corrected chi connectivity index (χ1v) is 8.08. The predicted octanol–water partition coefficient (Wildman–Crippen LogP) is 6.27. The fraction of sp³-hybridized carbons (Fsp3) is 0.143. The molecule has 0 radical (unpaired) electrons. The van der Waals surface area contributed by atoms with Gasteiger partial charge in [0.2, 0.25) is 0 Å². The van der Waals surface area contributed by atoms with E-state index in [1.165, 1.54) is 5.57 Å². The molecule has 3 rings (SSSR count). The van der Waals surface area contributed by atoms with Crippen molar-refractivity contribution in [2.24, 2.45) is 0 Å². The minimum absolute atomic E-state index is 0.156. The molecule has 0 N–H and O–H groups in total. The Labute approximate surface area is 141 Å². The summed E-state index contributed by atoms with van der Waals surface area (Å²) in [7, 11) is 0. The molecule has 0 unspecified atom stereocenters. The Bertz CT molecular complexity index is 984. The van der Waals surface area contributed by atoms with Crippen molar-refractivity contribution < 1.29 is 4.92 Å². The number of fused-ring (bicyclic) bond motifs is 3. The van der Waals surface area contributed by atoms with Crippen LogP contribution in [0.2, 0.25) is 0 Å². The Morgan fingerprint density at radius 1 is 1.12 bits per heavy atom. The first-order valence-electron chi connectivity index (χ1n) is 8.08. The molecule has 3 heteroatoms. The van der Waals surface area contributed by atoms with Crippen molar-refractivity contribution in [2.75, 3.05) is 0 Å². The molecule has 3 nitrogen and oxygen atoms in total. The van der Waals surface area contributed by atoms with Crippen LogP contribution in [0.25, 0.3) is 27.1 Å². The lowest BCUT2D eigenvalue weighted by Crippen LogP contribution is -1.91. The van der Waals surface area contributed by atoms with Gasteiger partial charge in [0.15, 0.2) is 0 Å². The Kier molecular flexibility index (Phi) is 4.43. The molecule has 0 aliphatic carbocycles. The number of hydrogen-bond acceptors (Lipinski definition) is 2. The van der Waals surface area contributed by atoms with Crippen LogP contribution in [0.5, 0.6) is 0 Å². The maximum atomic E-state index is 11.4. The van der Waals surface area contributed by atoms with E-state index in [0.29, 0.717) is 5.39 Å². The summed E-state index contributed by atoms with van der Waals surface area (Å²) in [6, 6.07) is 15.3. The predicted molar refractivity (Wildman–Crippen MR) is 101 cm³/mol. The average molecular weight is 317 g/mol. The Morgan fingerprint density at radius 3 is 2.62 bits per heavy atom. The largest absolute Gasteiger partial charge is 0.277 e. The van der Waals surface area contributed by atoms with Gasteiger partial charge in [-0.05, 0) is 46.7 Å². The highest BCUT2D eigenvalue weighted by Gasteiger charge is 2.14. The second-order valence-corrected chi connectivity index (χ2v) is 5.70. The molecule has 0 atom stereocenters. The Hall–Kier alpha value is -2.94. The van der Waals surface area contributed by atoms with E-state index in [4.69, 9.17) is 0 Å². The summed E-state index contributed by atoms with van der Waals surface area (Å²) < 4.78 is 0. The minimum Gasteiger partial charge on any atom is -0.258 e. The maximum absolute atomic E-state index is 11.4. The van der Waals surface area contributed by atoms with Gasteiger partial charge in [0.1, 0.15) is 0 Å². The normalized spacial score (nSPS) is 12.3. The number of non-ortho nitro benzene ring substituents is 1. The second kappa shape index (κ2) is 6.67. The highest BCUT2D eigenvalue weighted by molar-refractivity contribution is 6.12. The number of rotatable bonds is 4. The molecule has 120 valence electrons. The molecule has 0 saturated heterocycles. The van der Waals surface area contributed by atoms with Gasteiger partial charge < -0.3 is 0 Å². The van der Waals surface area contributed by atoms with Gasteiger partial charge in [0.25, 0.3) is 5.69 Å². The molecule has 0 bridgehead atoms. The van der Waals surface area contributed by atoms with Crippen molar-refractivity contribution in [3.63, 3.8) is 0 Å². The van der Waals surface area contributed by atoms with Crippen LogP contribution in [-0.2, 0) is 0 Å². The van der Waals surface area contributed by atoms with E-state index < -0.39 is 0 Å². The van der Waals surface area contributed by atoms with Crippen molar-refractivity contribution in [3.8, 4) is 0 Å². The summed E-state index contributed by atoms with van der Waals surface area (Å²) in [4.78, 5) is 11.1. The molecule has 0 heterocycles. The van der Waals surface area contributed by atoms with Gasteiger partial charge in [-0.3, -0.25) is 10.1 Å². The summed E-state index contributed by atoms with van der Waals surface area (Å²) in [5.74, 6) is 0. The lowest BCUT2D eigenvalue weighted by molar-refractivity contribution is -0.383. The standard InChI is InChI=1S/C21H19NO2/c1-3-6-15(7-4-2)17-12-13-19-18(14-17)11-10-16-8-5-9-20(21(16)19)22(23)24/h3,5-14H,4H2,1-2H3/b6-3-,15-7+. The molecule has 3 aromatic rings. The van der Waals surface area contributed by atoms with Crippen molar-refractivity contribution >= 4 is 32.8 Å². The third-order valence-electron chi connectivity index (χ3n) is 4.14. The van der Waals surface area contributed by atoms with E-state index >= 15 is 0 Å². The highest BCUT2D eigenvalue weighted by Crippen LogP contribution is 2.34. The lowest BCUT2D eigenvalue weighted by Gasteiger charge is -2.08. The third kappa shape index (κ3) is 2.81. The summed E-state index contributed by atoms with van der Waals surface area (Å²) in [6.07, 6.45) is 7.26. The first-order chi connectivity index (χ1) is 11.7. The van der Waals surface area contributed by atoms with Crippen LogP contribution in [-0.4, -0.2) is 4.92 Å². The minimum atomic E-state index is -0.308. The zero-order valence-electron chi connectivity index (χ0n) is 13.8. The van der Waals surface area contributed by atoms with E-state index in [-0.39, 0.29) is 10.6 Å². The van der Waals surface area contributed by atoms with Crippen LogP contribution < -0.4 is 0 Å². The molecule has 24 heavy (non-hydrogen) atoms. The van der Waals surface area contributed by atoms with Gasteiger partial charge in [0.05, 0.1) is 10.3 Å². The number of nitro benzene ring substituents is 1. The molecule has 0 saturated carbocycles. The van der Waals surface area contributed by atoms with Crippen LogP contribution >= 0.6 is 0 Å². The van der Waals surface area contributed by atoms with E-state index in [0.717, 1.165) is 28.1 Å². The van der Waals surface area contributed by atoms with Crippen LogP contribution in [0.4, 0.5) is 5.69 Å². The lowest BCUT2D eigenvalue weighted by atomic mass is 9.96. The average Bonchev–Trinajstić information content (AvgIpc) is 2.60. The zero-order chi connectivity index (χ0) is 17.1. The molecule has 0 fully saturated rings. The second-order valence-electron chi connectivity index (χ2n) is 5.70. The highest BCUT2D eigenvalue weighted by atomic mass is 16.6. The SMILES string of the molecule is C/C=C\C(=C/CC)c1ccc2c(ccc3cccc([N+](=O)[O-])c32)c1.